The van der Waals surface area contributed by atoms with Crippen LogP contribution >= 0.6 is 0 Å². The summed E-state index contributed by atoms with van der Waals surface area (Å²) >= 11 is 0. The summed E-state index contributed by atoms with van der Waals surface area (Å²) in [7, 11) is 0. The quantitative estimate of drug-likeness (QED) is 0.116. The van der Waals surface area contributed by atoms with Gasteiger partial charge in [-0.05, 0) is 179 Å². The van der Waals surface area contributed by atoms with Crippen LogP contribution in [0, 0.1) is 116 Å². The van der Waals surface area contributed by atoms with Gasteiger partial charge in [0.1, 0.15) is 47.0 Å². The summed E-state index contributed by atoms with van der Waals surface area (Å²) in [5.74, 6) is 6.79. The van der Waals surface area contributed by atoms with Crippen molar-refractivity contribution >= 4 is 30.4 Å². The average molecular weight is 1570 g/mol. The predicted octanol–water partition coefficient (Wildman–Crippen LogP) is 22.6. The van der Waals surface area contributed by atoms with Crippen molar-refractivity contribution in [3.8, 4) is 28.4 Å². The highest BCUT2D eigenvalue weighted by molar-refractivity contribution is 5.61. The second kappa shape index (κ2) is 32.9. The molecule has 10 heteroatoms. The van der Waals surface area contributed by atoms with Crippen molar-refractivity contribution in [2.24, 2.45) is 11.8 Å². The van der Waals surface area contributed by atoms with Crippen LogP contribution in [0.5, 0.6) is 0 Å². The molecule has 0 saturated heterocycles. The molecule has 3 unspecified atom stereocenters. The Bertz CT molecular complexity index is 6490. The lowest BCUT2D eigenvalue weighted by Crippen LogP contribution is -2.60. The van der Waals surface area contributed by atoms with Crippen LogP contribution in [-0.2, 0) is 17.6 Å². The van der Waals surface area contributed by atoms with Crippen molar-refractivity contribution in [2.45, 2.75) is 185 Å². The lowest BCUT2D eigenvalue weighted by molar-refractivity contribution is -0.752. The lowest BCUT2D eigenvalue weighted by atomic mass is 9.77. The molecular formula is C109H117N10+5. The number of fused-ring (bicyclic) bond motifs is 5. The topological polar surface area (TPSA) is 44.0 Å². The number of imidazole rings is 5. The normalized spacial score (nSPS) is 19.4. The molecule has 0 amide bonds. The molecule has 0 radical (unpaired) electrons. The first-order chi connectivity index (χ1) is 59.3. The maximum absolute atomic E-state index is 9.19. The van der Waals surface area contributed by atoms with Crippen LogP contribution in [0.25, 0.3) is 58.8 Å². The molecule has 0 N–H and O–H groups in total. The fourth-order valence-corrected chi connectivity index (χ4v) is 20.9. The molecule has 0 spiro atoms. The fourth-order valence-electron chi connectivity index (χ4n) is 20.9. The van der Waals surface area contributed by atoms with Crippen LogP contribution in [-0.4, -0.2) is 22.8 Å². The molecule has 2 aliphatic carbocycles. The summed E-state index contributed by atoms with van der Waals surface area (Å²) in [6.07, 6.45) is 31.6. The SMILES string of the molecule is Cc1ccccc1-n1c(C)c2[n+](c1C)C(c1ccccc1)(C1CCCC1)C=C2.Cc1ccccc1-n1c(C)c2[n+](c1C)C(c1ccccc1)(c1ccccc1)C=C2.[2H]C1(C2CCCC2)C=Cc2c(C)n(-c3ccccc3C)c(C)[n+]21.[2H]C1([2H])C=Cc2c(C)n(-c3ccccc3C)c(C)[n+]21.[2H]C1(c2ccccc2)C=Cc2c(C)n(-c3ccccc3C)c(C)[n+]21. The fraction of sp³-hybridized carbons (Fsp3) is 0.275. The van der Waals surface area contributed by atoms with E-state index < -0.39 is 18.5 Å². The maximum Gasteiger partial charge on any atom is 0.260 e. The highest BCUT2D eigenvalue weighted by Crippen LogP contribution is 2.47. The van der Waals surface area contributed by atoms with Crippen LogP contribution in [0.15, 0.2) is 273 Å². The highest BCUT2D eigenvalue weighted by Gasteiger charge is 2.53. The van der Waals surface area contributed by atoms with E-state index in [9.17, 15) is 1.37 Å². The third-order valence-electron chi connectivity index (χ3n) is 26.7. The zero-order valence-corrected chi connectivity index (χ0v) is 72.2. The molecule has 7 aliphatic rings. The van der Waals surface area contributed by atoms with Gasteiger partial charge in [0.15, 0.2) is 68.0 Å². The maximum atomic E-state index is 9.19. The number of hydrogen-bond acceptors (Lipinski definition) is 0. The van der Waals surface area contributed by atoms with Gasteiger partial charge in [-0.2, -0.15) is 22.8 Å². The summed E-state index contributed by atoms with van der Waals surface area (Å²) in [5, 5.41) is 0. The van der Waals surface area contributed by atoms with Gasteiger partial charge in [0.05, 0.1) is 5.48 Å². The van der Waals surface area contributed by atoms with Crippen molar-refractivity contribution in [1.29, 1.82) is 0 Å². The average Bonchev–Trinajstić information content (AvgIpc) is 1.57. The van der Waals surface area contributed by atoms with E-state index in [4.69, 9.17) is 4.11 Å². The first-order valence-corrected chi connectivity index (χ1v) is 43.0. The molecule has 21 rings (SSSR count). The number of para-hydroxylation sites is 5. The van der Waals surface area contributed by atoms with Gasteiger partial charge in [-0.15, -0.1) is 0 Å². The van der Waals surface area contributed by atoms with Crippen molar-refractivity contribution in [2.75, 3.05) is 0 Å². The van der Waals surface area contributed by atoms with Gasteiger partial charge in [0, 0.05) is 103 Å². The van der Waals surface area contributed by atoms with Crippen molar-refractivity contribution in [3.05, 3.63) is 409 Å². The molecule has 10 nitrogen and oxygen atoms in total. The van der Waals surface area contributed by atoms with Gasteiger partial charge in [-0.25, -0.2) is 22.8 Å². The third-order valence-corrected chi connectivity index (χ3v) is 26.7. The van der Waals surface area contributed by atoms with Gasteiger partial charge < -0.3 is 0 Å². The van der Waals surface area contributed by atoms with Gasteiger partial charge in [-0.1, -0.05) is 238 Å². The van der Waals surface area contributed by atoms with Crippen LogP contribution in [0.4, 0.5) is 0 Å². The van der Waals surface area contributed by atoms with E-state index in [2.05, 4.69) is 374 Å². The number of benzene rings is 9. The monoisotopic (exact) mass is 1570 g/mol. The molecule has 5 aromatic heterocycles. The summed E-state index contributed by atoms with van der Waals surface area (Å²) in [4.78, 5) is 0. The van der Waals surface area contributed by atoms with Crippen LogP contribution in [0.3, 0.4) is 0 Å². The molecule has 598 valence electrons. The molecule has 119 heavy (non-hydrogen) atoms. The molecule has 2 fully saturated rings. The zero-order chi connectivity index (χ0) is 86.2. The van der Waals surface area contributed by atoms with Crippen LogP contribution < -0.4 is 22.8 Å². The summed E-state index contributed by atoms with van der Waals surface area (Å²) in [5.41, 5.74) is 28.8. The molecular weight excluding hydrogens is 1450 g/mol. The van der Waals surface area contributed by atoms with E-state index >= 15 is 0 Å². The Morgan fingerprint density at radius 2 is 0.672 bits per heavy atom. The van der Waals surface area contributed by atoms with E-state index in [1.807, 2.05) is 68.5 Å². The number of aromatic nitrogens is 10. The third kappa shape index (κ3) is 13.6. The van der Waals surface area contributed by atoms with E-state index in [1.54, 1.807) is 10.6 Å². The predicted molar refractivity (Wildman–Crippen MR) is 486 cm³/mol. The first-order valence-electron chi connectivity index (χ1n) is 45.0. The molecule has 5 aliphatic heterocycles. The standard InChI is InChI=1S/C27H25N2.C26H29N2.C21H21N2.C20H25N2.C15H17N2/c1-20-12-10-11-17-25(20)28-21(2)26-18-19-27(29(26)22(28)3,23-13-6-4-7-14-23)24-15-8-5-9-16-24;1-19-11-7-10-16-24(19)27-20(2)25-17-18-26(28(25)21(27)3,23-14-8-9-15-23)22-12-5-4-6-13-22;1-15-9-7-8-12-19(15)22-16(2)20-13-14-21(23(20)17(22)3)18-10-5-4-6-11-18;1-14-8-4-7-11-18(14)21-15(2)19-12-13-20(22(19)16(21)3)17-9-5-6-10-17;1-11-7-4-5-8-14(11)17-12(2)15-9-6-10-16(15)13(17)3/h4-19H,1-3H3;4-7,10-13,16-18,23H,8-9,14-15H2,1-3H3;4-14,21H,1-3H3;4,7-8,11-13,17,20H,5-6,9-10H2,1-3H3;4-9H,10H2,1-3H3/q5*+1/i;;21D;20D;10D2. The van der Waals surface area contributed by atoms with Crippen LogP contribution in [0.1, 0.15) is 205 Å². The number of aryl methyl sites for hydroxylation is 5. The Morgan fingerprint density at radius 3 is 1.13 bits per heavy atom. The molecule has 0 bridgehead atoms. The Morgan fingerprint density at radius 1 is 0.319 bits per heavy atom. The summed E-state index contributed by atoms with van der Waals surface area (Å²) in [6.45, 7) is 30.9. The molecule has 14 aromatic rings. The van der Waals surface area contributed by atoms with Gasteiger partial charge in [0.2, 0.25) is 0 Å². The number of rotatable bonds is 11. The minimum Gasteiger partial charge on any atom is -0.224 e. The second-order valence-electron chi connectivity index (χ2n) is 33.5. The Kier molecular flexibility index (Phi) is 20.5. The summed E-state index contributed by atoms with van der Waals surface area (Å²) in [6, 6.07) is 83.8. The molecule has 2 saturated carbocycles. The largest absolute Gasteiger partial charge is 0.260 e. The Labute approximate surface area is 711 Å². The van der Waals surface area contributed by atoms with E-state index in [0.717, 1.165) is 40.0 Å². The Balaban J connectivity index is 0.000000110. The lowest BCUT2D eigenvalue weighted by Gasteiger charge is -2.33. The van der Waals surface area contributed by atoms with Gasteiger partial charge in [0.25, 0.3) is 29.1 Å². The highest BCUT2D eigenvalue weighted by atomic mass is 15.3. The molecule has 9 aromatic carbocycles. The van der Waals surface area contributed by atoms with E-state index in [-0.39, 0.29) is 11.1 Å². The molecule has 10 heterocycles. The number of hydrogen-bond donors (Lipinski definition) is 0. The van der Waals surface area contributed by atoms with E-state index in [0.29, 0.717) is 11.8 Å². The smallest absolute Gasteiger partial charge is 0.224 e. The van der Waals surface area contributed by atoms with Crippen LogP contribution in [0.2, 0.25) is 0 Å². The number of allylic oxidation sites excluding steroid dienone is 5. The van der Waals surface area contributed by atoms with Gasteiger partial charge >= 0.3 is 0 Å². The second-order valence-corrected chi connectivity index (χ2v) is 33.5. The summed E-state index contributed by atoms with van der Waals surface area (Å²) < 4.78 is 57.3. The zero-order valence-electron chi connectivity index (χ0n) is 76.2. The first kappa shape index (κ1) is 74.3. The van der Waals surface area contributed by atoms with Crippen molar-refractivity contribution in [3.63, 3.8) is 0 Å². The van der Waals surface area contributed by atoms with E-state index in [1.165, 1.54) is 176 Å². The number of nitrogens with zero attached hydrogens (tertiary/aromatic N) is 10. The van der Waals surface area contributed by atoms with Crippen molar-refractivity contribution in [1.82, 2.24) is 22.8 Å². The van der Waals surface area contributed by atoms with Crippen molar-refractivity contribution < 1.29 is 28.3 Å². The molecule has 3 atom stereocenters. The minimum absolute atomic E-state index is 0.0597. The Hall–Kier alpha value is -12.3. The van der Waals surface area contributed by atoms with Gasteiger partial charge in [-0.3, -0.25) is 0 Å². The minimum atomic E-state index is -1.43.